The number of carbonyl (C=O) groups excluding carboxylic acids is 1. The molecule has 1 aromatic rings. The molecule has 1 fully saturated rings. The maximum atomic E-state index is 12.5. The van der Waals surface area contributed by atoms with Crippen LogP contribution in [0.1, 0.15) is 22.3 Å². The minimum atomic E-state index is -0.469. The maximum Gasteiger partial charge on any atom is 0.285 e. The fourth-order valence-electron chi connectivity index (χ4n) is 2.72. The summed E-state index contributed by atoms with van der Waals surface area (Å²) in [5, 5.41) is 14.3. The van der Waals surface area contributed by atoms with Crippen LogP contribution >= 0.6 is 12.4 Å². The minimum absolute atomic E-state index is 0. The number of para-hydroxylation sites is 1. The Labute approximate surface area is 130 Å². The Kier molecular flexibility index (Phi) is 6.11. The van der Waals surface area contributed by atoms with E-state index in [-0.39, 0.29) is 29.6 Å². The van der Waals surface area contributed by atoms with Crippen molar-refractivity contribution in [3.8, 4) is 0 Å². The van der Waals surface area contributed by atoms with Crippen molar-refractivity contribution in [2.24, 2.45) is 5.92 Å². The number of halogens is 1. The SMILES string of the molecule is CNCC1CCN(C(=O)c2cccc(C)c2[N+](=O)[O-])C1.Cl. The van der Waals surface area contributed by atoms with Gasteiger partial charge in [0.15, 0.2) is 0 Å². The van der Waals surface area contributed by atoms with Crippen LogP contribution in [0.5, 0.6) is 0 Å². The molecule has 0 spiro atoms. The fraction of sp³-hybridized carbons (Fsp3) is 0.500. The van der Waals surface area contributed by atoms with Gasteiger partial charge in [-0.25, -0.2) is 0 Å². The molecule has 1 amide bonds. The zero-order chi connectivity index (χ0) is 14.7. The van der Waals surface area contributed by atoms with Crippen molar-refractivity contribution < 1.29 is 9.72 Å². The molecule has 7 heteroatoms. The first-order valence-electron chi connectivity index (χ1n) is 6.72. The molecule has 0 aromatic heterocycles. The summed E-state index contributed by atoms with van der Waals surface area (Å²) >= 11 is 0. The van der Waals surface area contributed by atoms with E-state index in [1.807, 2.05) is 7.05 Å². The molecule has 1 aliphatic rings. The number of nitrogens with zero attached hydrogens (tertiary/aromatic N) is 2. The van der Waals surface area contributed by atoms with Crippen molar-refractivity contribution in [1.29, 1.82) is 0 Å². The molecule has 1 unspecified atom stereocenters. The van der Waals surface area contributed by atoms with Gasteiger partial charge in [0.1, 0.15) is 5.56 Å². The summed E-state index contributed by atoms with van der Waals surface area (Å²) in [7, 11) is 1.88. The van der Waals surface area contributed by atoms with E-state index in [4.69, 9.17) is 0 Å². The molecule has 1 saturated heterocycles. The van der Waals surface area contributed by atoms with Crippen LogP contribution in [0.4, 0.5) is 5.69 Å². The predicted octanol–water partition coefficient (Wildman–Crippen LogP) is 2.01. The summed E-state index contributed by atoms with van der Waals surface area (Å²) in [6, 6.07) is 4.89. The molecule has 0 aliphatic carbocycles. The van der Waals surface area contributed by atoms with Gasteiger partial charge in [-0.1, -0.05) is 12.1 Å². The van der Waals surface area contributed by atoms with Crippen LogP contribution in [-0.4, -0.2) is 42.4 Å². The van der Waals surface area contributed by atoms with E-state index in [9.17, 15) is 14.9 Å². The number of nitro benzene ring substituents is 1. The normalized spacial score (nSPS) is 17.4. The van der Waals surface area contributed by atoms with Crippen LogP contribution in [-0.2, 0) is 0 Å². The molecule has 1 heterocycles. The summed E-state index contributed by atoms with van der Waals surface area (Å²) in [5.74, 6) is 0.187. The molecule has 6 nitrogen and oxygen atoms in total. The number of benzene rings is 1. The van der Waals surface area contributed by atoms with Gasteiger partial charge in [-0.05, 0) is 38.9 Å². The number of nitrogens with one attached hydrogen (secondary N) is 1. The van der Waals surface area contributed by atoms with Crippen LogP contribution < -0.4 is 5.32 Å². The van der Waals surface area contributed by atoms with Gasteiger partial charge in [-0.2, -0.15) is 0 Å². The Balaban J connectivity index is 0.00000220. The molecule has 1 aromatic carbocycles. The van der Waals surface area contributed by atoms with Gasteiger partial charge < -0.3 is 10.2 Å². The Morgan fingerprint density at radius 1 is 1.52 bits per heavy atom. The van der Waals surface area contributed by atoms with Crippen LogP contribution in [0.2, 0.25) is 0 Å². The summed E-state index contributed by atoms with van der Waals surface area (Å²) in [6.07, 6.45) is 0.937. The first kappa shape index (κ1) is 17.4. The predicted molar refractivity (Wildman–Crippen MR) is 83.0 cm³/mol. The molecule has 0 bridgehead atoms. The van der Waals surface area contributed by atoms with Crippen LogP contribution in [0.15, 0.2) is 18.2 Å². The molecule has 1 aliphatic heterocycles. The minimum Gasteiger partial charge on any atom is -0.338 e. The van der Waals surface area contributed by atoms with Gasteiger partial charge in [0.05, 0.1) is 4.92 Å². The summed E-state index contributed by atoms with van der Waals surface area (Å²) in [4.78, 5) is 24.9. The highest BCUT2D eigenvalue weighted by atomic mass is 35.5. The average Bonchev–Trinajstić information content (AvgIpc) is 2.86. The molecule has 1 atom stereocenters. The van der Waals surface area contributed by atoms with Gasteiger partial charge in [0.25, 0.3) is 11.6 Å². The fourth-order valence-corrected chi connectivity index (χ4v) is 2.72. The van der Waals surface area contributed by atoms with Crippen molar-refractivity contribution >= 4 is 24.0 Å². The molecule has 2 rings (SSSR count). The molecular formula is C14H20ClN3O3. The molecule has 21 heavy (non-hydrogen) atoms. The lowest BCUT2D eigenvalue weighted by Gasteiger charge is -2.17. The number of carbonyl (C=O) groups is 1. The first-order chi connectivity index (χ1) is 9.54. The highest BCUT2D eigenvalue weighted by Crippen LogP contribution is 2.26. The number of aryl methyl sites for hydroxylation is 1. The topological polar surface area (TPSA) is 75.5 Å². The van der Waals surface area contributed by atoms with Crippen LogP contribution in [0.3, 0.4) is 0 Å². The first-order valence-corrected chi connectivity index (χ1v) is 6.72. The van der Waals surface area contributed by atoms with Crippen molar-refractivity contribution in [1.82, 2.24) is 10.2 Å². The third-order valence-electron chi connectivity index (χ3n) is 3.72. The van der Waals surface area contributed by atoms with Gasteiger partial charge in [-0.3, -0.25) is 14.9 Å². The van der Waals surface area contributed by atoms with E-state index < -0.39 is 4.92 Å². The number of rotatable bonds is 4. The number of likely N-dealkylation sites (tertiary alicyclic amines) is 1. The third-order valence-corrected chi connectivity index (χ3v) is 3.72. The summed E-state index contributed by atoms with van der Waals surface area (Å²) < 4.78 is 0. The van der Waals surface area contributed by atoms with Gasteiger partial charge in [0, 0.05) is 18.7 Å². The highest BCUT2D eigenvalue weighted by molar-refractivity contribution is 5.98. The quantitative estimate of drug-likeness (QED) is 0.681. The summed E-state index contributed by atoms with van der Waals surface area (Å²) in [6.45, 7) is 3.84. The lowest BCUT2D eigenvalue weighted by molar-refractivity contribution is -0.385. The van der Waals surface area contributed by atoms with Crippen LogP contribution in [0, 0.1) is 23.0 Å². The molecule has 0 saturated carbocycles. The van der Waals surface area contributed by atoms with E-state index in [1.54, 1.807) is 30.0 Å². The monoisotopic (exact) mass is 313 g/mol. The standard InChI is InChI=1S/C14H19N3O3.ClH/c1-10-4-3-5-12(13(10)17(19)20)14(18)16-7-6-11(9-16)8-15-2;/h3-5,11,15H,6-9H2,1-2H3;1H. The Bertz CT molecular complexity index is 536. The van der Waals surface area contributed by atoms with E-state index in [1.165, 1.54) is 0 Å². The van der Waals surface area contributed by atoms with E-state index in [0.717, 1.165) is 13.0 Å². The molecule has 116 valence electrons. The lowest BCUT2D eigenvalue weighted by Crippen LogP contribution is -2.30. The van der Waals surface area contributed by atoms with Crippen molar-refractivity contribution in [3.63, 3.8) is 0 Å². The van der Waals surface area contributed by atoms with E-state index >= 15 is 0 Å². The summed E-state index contributed by atoms with van der Waals surface area (Å²) in [5.41, 5.74) is 0.640. The Hall–Kier alpha value is -1.66. The van der Waals surface area contributed by atoms with Crippen LogP contribution in [0.25, 0.3) is 0 Å². The zero-order valence-corrected chi connectivity index (χ0v) is 13.0. The average molecular weight is 314 g/mol. The van der Waals surface area contributed by atoms with Gasteiger partial charge in [-0.15, -0.1) is 12.4 Å². The second-order valence-corrected chi connectivity index (χ2v) is 5.19. The van der Waals surface area contributed by atoms with E-state index in [2.05, 4.69) is 5.32 Å². The second kappa shape index (κ2) is 7.38. The molecule has 0 radical (unpaired) electrons. The highest BCUT2D eigenvalue weighted by Gasteiger charge is 2.31. The number of nitro groups is 1. The second-order valence-electron chi connectivity index (χ2n) is 5.19. The number of hydrogen-bond donors (Lipinski definition) is 1. The smallest absolute Gasteiger partial charge is 0.285 e. The zero-order valence-electron chi connectivity index (χ0n) is 12.2. The lowest BCUT2D eigenvalue weighted by atomic mass is 10.1. The van der Waals surface area contributed by atoms with Crippen molar-refractivity contribution in [2.45, 2.75) is 13.3 Å². The largest absolute Gasteiger partial charge is 0.338 e. The van der Waals surface area contributed by atoms with Gasteiger partial charge in [0.2, 0.25) is 0 Å². The third kappa shape index (κ3) is 3.71. The Morgan fingerprint density at radius 3 is 2.86 bits per heavy atom. The van der Waals surface area contributed by atoms with Crippen molar-refractivity contribution in [2.75, 3.05) is 26.7 Å². The number of hydrogen-bond acceptors (Lipinski definition) is 4. The molecular weight excluding hydrogens is 294 g/mol. The molecule has 1 N–H and O–H groups in total. The van der Waals surface area contributed by atoms with Gasteiger partial charge >= 0.3 is 0 Å². The van der Waals surface area contributed by atoms with E-state index in [0.29, 0.717) is 24.6 Å². The Morgan fingerprint density at radius 2 is 2.24 bits per heavy atom. The maximum absolute atomic E-state index is 12.5. The van der Waals surface area contributed by atoms with Crippen molar-refractivity contribution in [3.05, 3.63) is 39.4 Å². The number of amides is 1.